The molecule has 0 spiro atoms. The molecular weight excluding hydrogens is 272 g/mol. The summed E-state index contributed by atoms with van der Waals surface area (Å²) in [6.45, 7) is 8.05. The molecule has 0 radical (unpaired) electrons. The Hall–Kier alpha value is -1.79. The van der Waals surface area contributed by atoms with Crippen LogP contribution in [0.4, 0.5) is 4.79 Å². The number of amides is 4. The maximum absolute atomic E-state index is 12.4. The molecule has 0 aromatic rings. The number of nitrogens with zero attached hydrogens (tertiary/aromatic N) is 1. The quantitative estimate of drug-likeness (QED) is 0.674. The molecule has 3 atom stereocenters. The van der Waals surface area contributed by atoms with Crippen molar-refractivity contribution in [1.29, 1.82) is 0 Å². The molecule has 2 saturated heterocycles. The molecular formula is C14H24N4O3. The molecule has 2 heterocycles. The van der Waals surface area contributed by atoms with Crippen molar-refractivity contribution in [1.82, 2.24) is 20.9 Å². The third kappa shape index (κ3) is 3.11. The van der Waals surface area contributed by atoms with Gasteiger partial charge in [-0.3, -0.25) is 9.59 Å². The Balaban J connectivity index is 2.06. The number of nitrogens with one attached hydrogen (secondary N) is 3. The Bertz CT molecular complexity index is 450. The molecule has 0 bridgehead atoms. The van der Waals surface area contributed by atoms with Crippen LogP contribution in [0.15, 0.2) is 0 Å². The van der Waals surface area contributed by atoms with Gasteiger partial charge in [-0.15, -0.1) is 0 Å². The molecule has 0 aliphatic carbocycles. The van der Waals surface area contributed by atoms with Crippen LogP contribution in [0, 0.1) is 5.92 Å². The lowest BCUT2D eigenvalue weighted by molar-refractivity contribution is -0.148. The van der Waals surface area contributed by atoms with Gasteiger partial charge in [-0.1, -0.05) is 13.8 Å². The van der Waals surface area contributed by atoms with E-state index >= 15 is 0 Å². The molecule has 21 heavy (non-hydrogen) atoms. The second-order valence-corrected chi connectivity index (χ2v) is 6.37. The van der Waals surface area contributed by atoms with Crippen LogP contribution in [-0.2, 0) is 9.59 Å². The van der Waals surface area contributed by atoms with Crippen molar-refractivity contribution in [2.24, 2.45) is 5.92 Å². The van der Waals surface area contributed by atoms with Gasteiger partial charge in [0, 0.05) is 12.6 Å². The molecule has 2 rings (SSSR count). The Morgan fingerprint density at radius 1 is 1.29 bits per heavy atom. The molecule has 118 valence electrons. The number of hydrogen-bond acceptors (Lipinski definition) is 3. The van der Waals surface area contributed by atoms with Crippen LogP contribution >= 0.6 is 0 Å². The van der Waals surface area contributed by atoms with Gasteiger partial charge >= 0.3 is 6.03 Å². The minimum Gasteiger partial charge on any atom is -0.342 e. The minimum atomic E-state index is -0.592. The second-order valence-electron chi connectivity index (χ2n) is 6.37. The minimum absolute atomic E-state index is 0.0228. The number of carbonyl (C=O) groups is 3. The Labute approximate surface area is 124 Å². The largest absolute Gasteiger partial charge is 0.342 e. The fourth-order valence-electron chi connectivity index (χ4n) is 2.92. The molecule has 2 aliphatic heterocycles. The molecule has 7 heteroatoms. The maximum Gasteiger partial charge on any atom is 0.315 e. The Kier molecular flexibility index (Phi) is 4.39. The third-order valence-electron chi connectivity index (χ3n) is 3.92. The summed E-state index contributed by atoms with van der Waals surface area (Å²) in [4.78, 5) is 38.0. The van der Waals surface area contributed by atoms with Crippen molar-refractivity contribution in [2.75, 3.05) is 6.54 Å². The Morgan fingerprint density at radius 2 is 1.95 bits per heavy atom. The van der Waals surface area contributed by atoms with Crippen molar-refractivity contribution in [2.45, 2.75) is 58.3 Å². The van der Waals surface area contributed by atoms with Crippen LogP contribution in [0.3, 0.4) is 0 Å². The van der Waals surface area contributed by atoms with Crippen LogP contribution in [0.2, 0.25) is 0 Å². The highest BCUT2D eigenvalue weighted by Gasteiger charge is 2.49. The van der Waals surface area contributed by atoms with Crippen LogP contribution in [0.25, 0.3) is 0 Å². The van der Waals surface area contributed by atoms with Gasteiger partial charge in [0.1, 0.15) is 12.1 Å². The van der Waals surface area contributed by atoms with Gasteiger partial charge < -0.3 is 20.9 Å². The summed E-state index contributed by atoms with van der Waals surface area (Å²) in [5, 5.41) is 8.31. The van der Waals surface area contributed by atoms with Crippen LogP contribution in [0.5, 0.6) is 0 Å². The number of rotatable bonds is 3. The standard InChI is InChI=1S/C14H24N4O3/c1-7(2)10-13(20)18-6-5-9(11(18)12(19)17-10)16-14(21)15-8(3)4/h7-11H,5-6H2,1-4H3,(H,17,19)(H2,15,16,21)/t9-,10+,11-/m0/s1. The first-order chi connectivity index (χ1) is 9.81. The van der Waals surface area contributed by atoms with Gasteiger partial charge in [-0.25, -0.2) is 4.79 Å². The smallest absolute Gasteiger partial charge is 0.315 e. The van der Waals surface area contributed by atoms with E-state index in [-0.39, 0.29) is 35.8 Å². The summed E-state index contributed by atoms with van der Waals surface area (Å²) < 4.78 is 0. The summed E-state index contributed by atoms with van der Waals surface area (Å²) >= 11 is 0. The molecule has 0 unspecified atom stereocenters. The lowest BCUT2D eigenvalue weighted by atomic mass is 9.97. The Morgan fingerprint density at radius 3 is 2.52 bits per heavy atom. The summed E-state index contributed by atoms with van der Waals surface area (Å²) in [7, 11) is 0. The average Bonchev–Trinajstić information content (AvgIpc) is 2.76. The van der Waals surface area contributed by atoms with E-state index in [4.69, 9.17) is 0 Å². The highest BCUT2D eigenvalue weighted by Crippen LogP contribution is 2.24. The average molecular weight is 296 g/mol. The van der Waals surface area contributed by atoms with Gasteiger partial charge in [-0.05, 0) is 26.2 Å². The second kappa shape index (κ2) is 5.91. The monoisotopic (exact) mass is 296 g/mol. The van der Waals surface area contributed by atoms with Gasteiger partial charge in [0.25, 0.3) is 0 Å². The number of carbonyl (C=O) groups excluding carboxylic acids is 3. The summed E-state index contributed by atoms with van der Waals surface area (Å²) in [6.07, 6.45) is 0.597. The number of urea groups is 1. The molecule has 3 N–H and O–H groups in total. The SMILES string of the molecule is CC(C)NC(=O)N[C@H]1CCN2C(=O)[C@@H](C(C)C)NC(=O)[C@H]12. The molecule has 7 nitrogen and oxygen atoms in total. The first kappa shape index (κ1) is 15.6. The maximum atomic E-state index is 12.4. The van der Waals surface area contributed by atoms with Crippen LogP contribution < -0.4 is 16.0 Å². The lowest BCUT2D eigenvalue weighted by Gasteiger charge is -2.37. The zero-order chi connectivity index (χ0) is 15.7. The number of piperazine rings is 1. The summed E-state index contributed by atoms with van der Waals surface area (Å²) in [6, 6.07) is -1.67. The first-order valence-electron chi connectivity index (χ1n) is 7.49. The van der Waals surface area contributed by atoms with E-state index in [0.29, 0.717) is 13.0 Å². The van der Waals surface area contributed by atoms with Crippen LogP contribution in [0.1, 0.15) is 34.1 Å². The summed E-state index contributed by atoms with van der Waals surface area (Å²) in [5.74, 6) is -0.178. The van der Waals surface area contributed by atoms with E-state index in [1.807, 2.05) is 27.7 Å². The van der Waals surface area contributed by atoms with E-state index in [0.717, 1.165) is 0 Å². The normalized spacial score (nSPS) is 28.7. The predicted octanol–water partition coefficient (Wildman–Crippen LogP) is -0.182. The van der Waals surface area contributed by atoms with E-state index < -0.39 is 12.1 Å². The fourth-order valence-corrected chi connectivity index (χ4v) is 2.92. The lowest BCUT2D eigenvalue weighted by Crippen LogP contribution is -2.66. The van der Waals surface area contributed by atoms with E-state index in [9.17, 15) is 14.4 Å². The molecule has 2 aliphatic rings. The molecule has 4 amide bonds. The van der Waals surface area contributed by atoms with Crippen molar-refractivity contribution < 1.29 is 14.4 Å². The molecule has 0 saturated carbocycles. The third-order valence-corrected chi connectivity index (χ3v) is 3.92. The zero-order valence-corrected chi connectivity index (χ0v) is 13.0. The van der Waals surface area contributed by atoms with E-state index in [1.54, 1.807) is 4.90 Å². The van der Waals surface area contributed by atoms with Crippen molar-refractivity contribution >= 4 is 17.8 Å². The number of hydrogen-bond donors (Lipinski definition) is 3. The van der Waals surface area contributed by atoms with Crippen LogP contribution in [-0.4, -0.2) is 53.5 Å². The van der Waals surface area contributed by atoms with Crippen molar-refractivity contribution in [3.05, 3.63) is 0 Å². The fraction of sp³-hybridized carbons (Fsp3) is 0.786. The van der Waals surface area contributed by atoms with Gasteiger partial charge in [-0.2, -0.15) is 0 Å². The molecule has 0 aromatic heterocycles. The highest BCUT2D eigenvalue weighted by molar-refractivity contribution is 5.98. The number of fused-ring (bicyclic) bond motifs is 1. The molecule has 0 aromatic carbocycles. The van der Waals surface area contributed by atoms with Gasteiger partial charge in [0.05, 0.1) is 6.04 Å². The van der Waals surface area contributed by atoms with Gasteiger partial charge in [0.2, 0.25) is 11.8 Å². The zero-order valence-electron chi connectivity index (χ0n) is 13.0. The molecule has 2 fully saturated rings. The van der Waals surface area contributed by atoms with E-state index in [2.05, 4.69) is 16.0 Å². The first-order valence-corrected chi connectivity index (χ1v) is 7.49. The summed E-state index contributed by atoms with van der Waals surface area (Å²) in [5.41, 5.74) is 0. The highest BCUT2D eigenvalue weighted by atomic mass is 16.2. The van der Waals surface area contributed by atoms with E-state index in [1.165, 1.54) is 0 Å². The van der Waals surface area contributed by atoms with Crippen molar-refractivity contribution in [3.8, 4) is 0 Å². The van der Waals surface area contributed by atoms with Gasteiger partial charge in [0.15, 0.2) is 0 Å². The topological polar surface area (TPSA) is 90.5 Å². The van der Waals surface area contributed by atoms with Crippen molar-refractivity contribution in [3.63, 3.8) is 0 Å². The predicted molar refractivity (Wildman–Crippen MR) is 77.5 cm³/mol.